The van der Waals surface area contributed by atoms with Gasteiger partial charge in [-0.25, -0.2) is 0 Å². The topological polar surface area (TPSA) is 52.8 Å². The van der Waals surface area contributed by atoms with Crippen LogP contribution in [0, 0.1) is 23.2 Å². The summed E-state index contributed by atoms with van der Waals surface area (Å²) in [6, 6.07) is 0. The highest BCUT2D eigenvalue weighted by Gasteiger charge is 2.61. The number of amides is 1. The number of carbonyl (C=O) groups excluding carboxylic acids is 1. The summed E-state index contributed by atoms with van der Waals surface area (Å²) in [5, 5.41) is 0. The number of aromatic nitrogens is 1. The molecule has 4 bridgehead atoms. The molecule has 4 fully saturated rings. The number of nitrogens with zero attached hydrogens (tertiary/aromatic N) is 2. The molecule has 0 aromatic carbocycles. The average molecular weight is 362 g/mol. The van der Waals surface area contributed by atoms with E-state index in [-0.39, 0.29) is 11.3 Å². The van der Waals surface area contributed by atoms with Crippen molar-refractivity contribution >= 4 is 17.2 Å². The largest absolute Gasteiger partial charge is 0.383 e. The van der Waals surface area contributed by atoms with Gasteiger partial charge >= 0.3 is 0 Å². The molecular weight excluding hydrogens is 336 g/mol. The highest BCUT2D eigenvalue weighted by molar-refractivity contribution is 7.09. The first-order valence-electron chi connectivity index (χ1n) is 9.57. The lowest BCUT2D eigenvalue weighted by Gasteiger charge is -2.29. The molecule has 4 saturated carbocycles. The van der Waals surface area contributed by atoms with E-state index in [0.29, 0.717) is 19.1 Å². The van der Waals surface area contributed by atoms with E-state index in [1.54, 1.807) is 18.4 Å². The maximum atomic E-state index is 13.3. The Hall–Kier alpha value is -0.980. The molecule has 2 atom stereocenters. The Bertz CT molecular complexity index is 751. The fourth-order valence-electron chi connectivity index (χ4n) is 6.05. The van der Waals surface area contributed by atoms with E-state index in [1.165, 1.54) is 29.8 Å². The van der Waals surface area contributed by atoms with Gasteiger partial charge in [-0.2, -0.15) is 4.99 Å². The fourth-order valence-corrected chi connectivity index (χ4v) is 7.18. The maximum Gasteiger partial charge on any atom is 0.254 e. The highest BCUT2D eigenvalue weighted by atomic mass is 32.1. The van der Waals surface area contributed by atoms with Crippen LogP contribution in [-0.4, -0.2) is 30.8 Å². The Labute approximate surface area is 152 Å². The minimum absolute atomic E-state index is 0.131. The van der Waals surface area contributed by atoms with Gasteiger partial charge in [0.05, 0.1) is 30.1 Å². The minimum atomic E-state index is -0.131. The average Bonchev–Trinajstić information content (AvgIpc) is 3.17. The van der Waals surface area contributed by atoms with Crippen LogP contribution >= 0.6 is 11.3 Å². The van der Waals surface area contributed by atoms with Gasteiger partial charge in [0, 0.05) is 25.8 Å². The zero-order chi connectivity index (χ0) is 17.0. The number of rotatable bonds is 4. The normalized spacial score (nSPS) is 36.2. The summed E-state index contributed by atoms with van der Waals surface area (Å²) in [5.74, 6) is 2.31. The van der Waals surface area contributed by atoms with Crippen LogP contribution in [0.5, 0.6) is 0 Å². The zero-order valence-electron chi connectivity index (χ0n) is 14.8. The fraction of sp³-hybridized carbons (Fsp3) is 0.789. The Kier molecular flexibility index (Phi) is 3.91. The van der Waals surface area contributed by atoms with Gasteiger partial charge < -0.3 is 14.0 Å². The summed E-state index contributed by atoms with van der Waals surface area (Å²) in [6.07, 6.45) is 6.94. The van der Waals surface area contributed by atoms with Crippen LogP contribution in [0.25, 0.3) is 0 Å². The number of hydrogen-bond acceptors (Lipinski definition) is 4. The molecular formula is C19H26N2O3S. The van der Waals surface area contributed by atoms with Gasteiger partial charge in [0.1, 0.15) is 0 Å². The number of methoxy groups -OCH3 is 1. The van der Waals surface area contributed by atoms with E-state index in [9.17, 15) is 4.79 Å². The van der Waals surface area contributed by atoms with E-state index in [0.717, 1.165) is 49.1 Å². The summed E-state index contributed by atoms with van der Waals surface area (Å²) >= 11 is 1.64. The van der Waals surface area contributed by atoms with Crippen molar-refractivity contribution in [2.24, 2.45) is 28.2 Å². The Morgan fingerprint density at radius 1 is 1.36 bits per heavy atom. The van der Waals surface area contributed by atoms with Crippen LogP contribution in [-0.2, 0) is 33.8 Å². The van der Waals surface area contributed by atoms with Crippen LogP contribution in [0.2, 0.25) is 0 Å². The predicted molar refractivity (Wildman–Crippen MR) is 94.1 cm³/mol. The monoisotopic (exact) mass is 362 g/mol. The summed E-state index contributed by atoms with van der Waals surface area (Å²) in [6.45, 7) is 2.80. The molecule has 0 N–H and O–H groups in total. The van der Waals surface area contributed by atoms with Crippen molar-refractivity contribution in [3.63, 3.8) is 0 Å². The molecule has 4 aliphatic carbocycles. The Morgan fingerprint density at radius 3 is 2.92 bits per heavy atom. The molecule has 0 spiro atoms. The molecule has 5 aliphatic rings. The number of hydrogen-bond donors (Lipinski definition) is 0. The van der Waals surface area contributed by atoms with Gasteiger partial charge in [0.15, 0.2) is 4.80 Å². The molecule has 6 heteroatoms. The summed E-state index contributed by atoms with van der Waals surface area (Å²) in [7, 11) is 1.72. The lowest BCUT2D eigenvalue weighted by atomic mass is 9.75. The van der Waals surface area contributed by atoms with Crippen molar-refractivity contribution < 1.29 is 14.3 Å². The first-order chi connectivity index (χ1) is 12.2. The van der Waals surface area contributed by atoms with Gasteiger partial charge in [-0.1, -0.05) is 11.3 Å². The van der Waals surface area contributed by atoms with Crippen LogP contribution in [0.15, 0.2) is 4.99 Å². The molecule has 1 amide bonds. The third-order valence-electron chi connectivity index (χ3n) is 6.94. The second kappa shape index (κ2) is 6.03. The van der Waals surface area contributed by atoms with E-state index in [1.807, 2.05) is 0 Å². The molecule has 0 saturated heterocycles. The van der Waals surface area contributed by atoms with Crippen molar-refractivity contribution in [1.82, 2.24) is 4.57 Å². The van der Waals surface area contributed by atoms with Crippen molar-refractivity contribution in [3.8, 4) is 0 Å². The molecule has 1 aromatic rings. The lowest BCUT2D eigenvalue weighted by Crippen LogP contribution is -2.33. The SMILES string of the molecule is COCCn1c2c(sc1=NC(=O)C13CC4CC(CC1C4)C3)COCC2. The van der Waals surface area contributed by atoms with E-state index >= 15 is 0 Å². The van der Waals surface area contributed by atoms with Gasteiger partial charge in [-0.05, 0) is 49.9 Å². The molecule has 2 unspecified atom stereocenters. The van der Waals surface area contributed by atoms with Crippen LogP contribution < -0.4 is 4.80 Å². The molecule has 136 valence electrons. The van der Waals surface area contributed by atoms with Crippen molar-refractivity contribution in [2.75, 3.05) is 20.3 Å². The quantitative estimate of drug-likeness (QED) is 0.827. The molecule has 2 heterocycles. The standard InChI is InChI=1S/C19H26N2O3S/c1-23-5-3-21-15-2-4-24-11-16(15)25-18(21)20-17(22)19-9-12-6-13(10-19)8-14(19)7-12/h12-14H,2-11H2,1H3. The van der Waals surface area contributed by atoms with E-state index < -0.39 is 0 Å². The van der Waals surface area contributed by atoms with Crippen molar-refractivity contribution in [3.05, 3.63) is 15.4 Å². The smallest absolute Gasteiger partial charge is 0.254 e. The molecule has 5 nitrogen and oxygen atoms in total. The van der Waals surface area contributed by atoms with E-state index in [4.69, 9.17) is 14.5 Å². The van der Waals surface area contributed by atoms with Gasteiger partial charge in [-0.15, -0.1) is 0 Å². The maximum absolute atomic E-state index is 13.3. The zero-order valence-corrected chi connectivity index (χ0v) is 15.6. The number of carbonyl (C=O) groups is 1. The van der Waals surface area contributed by atoms with Gasteiger partial charge in [0.25, 0.3) is 5.91 Å². The second-order valence-corrected chi connectivity index (χ2v) is 9.38. The lowest BCUT2D eigenvalue weighted by molar-refractivity contribution is -0.129. The predicted octanol–water partition coefficient (Wildman–Crippen LogP) is 2.52. The molecule has 25 heavy (non-hydrogen) atoms. The first-order valence-corrected chi connectivity index (χ1v) is 10.4. The molecule has 1 aliphatic heterocycles. The Morgan fingerprint density at radius 2 is 2.16 bits per heavy atom. The summed E-state index contributed by atoms with van der Waals surface area (Å²) in [4.78, 5) is 20.1. The third kappa shape index (κ3) is 2.48. The van der Waals surface area contributed by atoms with Crippen LogP contribution in [0.1, 0.15) is 42.7 Å². The van der Waals surface area contributed by atoms with Crippen molar-refractivity contribution in [1.29, 1.82) is 0 Å². The first kappa shape index (κ1) is 16.2. The van der Waals surface area contributed by atoms with Gasteiger partial charge in [0.2, 0.25) is 0 Å². The summed E-state index contributed by atoms with van der Waals surface area (Å²) in [5.41, 5.74) is 1.16. The number of ether oxygens (including phenoxy) is 2. The van der Waals surface area contributed by atoms with E-state index in [2.05, 4.69) is 4.57 Å². The summed E-state index contributed by atoms with van der Waals surface area (Å²) < 4.78 is 13.1. The molecule has 1 aromatic heterocycles. The third-order valence-corrected chi connectivity index (χ3v) is 8.04. The van der Waals surface area contributed by atoms with Gasteiger partial charge in [-0.3, -0.25) is 4.79 Å². The van der Waals surface area contributed by atoms with Crippen LogP contribution in [0.3, 0.4) is 0 Å². The van der Waals surface area contributed by atoms with Crippen LogP contribution in [0.4, 0.5) is 0 Å². The molecule has 0 radical (unpaired) electrons. The number of thiazole rings is 1. The Balaban J connectivity index is 1.52. The minimum Gasteiger partial charge on any atom is -0.383 e. The second-order valence-electron chi connectivity index (χ2n) is 8.32. The number of fused-ring (bicyclic) bond motifs is 1. The van der Waals surface area contributed by atoms with Crippen molar-refractivity contribution in [2.45, 2.75) is 51.7 Å². The molecule has 6 rings (SSSR count). The highest BCUT2D eigenvalue weighted by Crippen LogP contribution is 2.65.